The number of halogens is 3. The van der Waals surface area contributed by atoms with Crippen molar-refractivity contribution in [2.45, 2.75) is 64.8 Å². The van der Waals surface area contributed by atoms with Gasteiger partial charge < -0.3 is 19.3 Å². The fourth-order valence-electron chi connectivity index (χ4n) is 4.19. The normalized spacial score (nSPS) is 20.0. The number of amides is 2. The summed E-state index contributed by atoms with van der Waals surface area (Å²) in [7, 11) is 0. The molecule has 0 aliphatic carbocycles. The van der Waals surface area contributed by atoms with Crippen LogP contribution in [0.1, 0.15) is 63.0 Å². The Labute approximate surface area is 196 Å². The van der Waals surface area contributed by atoms with E-state index in [9.17, 15) is 27.6 Å². The summed E-state index contributed by atoms with van der Waals surface area (Å²) in [5.74, 6) is -1.85. The molecule has 1 atom stereocenters. The van der Waals surface area contributed by atoms with Gasteiger partial charge in [-0.05, 0) is 52.7 Å². The van der Waals surface area contributed by atoms with Crippen molar-refractivity contribution in [3.05, 3.63) is 23.4 Å². The summed E-state index contributed by atoms with van der Waals surface area (Å²) in [5.41, 5.74) is -1.79. The molecule has 0 bridgehead atoms. The number of aromatic nitrogens is 1. The fraction of sp³-hybridized carbons (Fsp3) is 0.652. The molecule has 0 N–H and O–H groups in total. The highest BCUT2D eigenvalue weighted by Gasteiger charge is 2.41. The third kappa shape index (κ3) is 5.98. The average molecular weight is 486 g/mol. The monoisotopic (exact) mass is 485 g/mol. The van der Waals surface area contributed by atoms with Gasteiger partial charge in [0, 0.05) is 32.1 Å². The summed E-state index contributed by atoms with van der Waals surface area (Å²) in [4.78, 5) is 44.6. The van der Waals surface area contributed by atoms with Crippen LogP contribution in [0.3, 0.4) is 0 Å². The van der Waals surface area contributed by atoms with Gasteiger partial charge in [-0.1, -0.05) is 0 Å². The zero-order valence-electron chi connectivity index (χ0n) is 19.8. The van der Waals surface area contributed by atoms with E-state index in [0.29, 0.717) is 25.9 Å². The van der Waals surface area contributed by atoms with Crippen molar-refractivity contribution in [2.75, 3.05) is 26.2 Å². The van der Waals surface area contributed by atoms with Crippen molar-refractivity contribution in [1.82, 2.24) is 14.8 Å². The summed E-state index contributed by atoms with van der Waals surface area (Å²) in [6.45, 7) is 7.89. The molecule has 3 heterocycles. The van der Waals surface area contributed by atoms with Gasteiger partial charge in [-0.25, -0.2) is 4.98 Å². The highest BCUT2D eigenvalue weighted by molar-refractivity contribution is 5.96. The van der Waals surface area contributed by atoms with E-state index in [1.165, 1.54) is 4.90 Å². The number of carbonyl (C=O) groups excluding carboxylic acids is 3. The smallest absolute Gasteiger partial charge is 0.433 e. The number of hydrogen-bond donors (Lipinski definition) is 0. The van der Waals surface area contributed by atoms with Crippen molar-refractivity contribution in [1.29, 1.82) is 0 Å². The van der Waals surface area contributed by atoms with E-state index in [-0.39, 0.29) is 43.0 Å². The van der Waals surface area contributed by atoms with Gasteiger partial charge in [0.25, 0.3) is 5.91 Å². The standard InChI is InChI=1S/C23H30F3N3O5/c1-5-33-19-16(6-7-17(27-19)23(24,25)26)20(31)28-10-8-15(9-11-28)29-13-14(12-18(29)30)21(32)34-22(2,3)4/h6-7,14-15H,5,8-13H2,1-4H3. The van der Waals surface area contributed by atoms with Crippen molar-refractivity contribution in [3.8, 4) is 5.88 Å². The van der Waals surface area contributed by atoms with Gasteiger partial charge in [-0.15, -0.1) is 0 Å². The van der Waals surface area contributed by atoms with Crippen LogP contribution in [0.4, 0.5) is 13.2 Å². The molecule has 2 aliphatic rings. The van der Waals surface area contributed by atoms with Crippen LogP contribution in [-0.4, -0.2) is 70.5 Å². The first kappa shape index (κ1) is 25.8. The molecule has 2 amide bonds. The highest BCUT2D eigenvalue weighted by atomic mass is 19.4. The Bertz CT molecular complexity index is 937. The number of rotatable bonds is 5. The van der Waals surface area contributed by atoms with E-state index in [2.05, 4.69) is 4.98 Å². The number of ether oxygens (including phenoxy) is 2. The third-order valence-corrected chi connectivity index (χ3v) is 5.75. The van der Waals surface area contributed by atoms with Gasteiger partial charge in [0.15, 0.2) is 0 Å². The Hall–Kier alpha value is -2.85. The molecule has 1 unspecified atom stereocenters. The minimum atomic E-state index is -4.65. The number of piperidine rings is 1. The van der Waals surface area contributed by atoms with E-state index in [0.717, 1.165) is 12.1 Å². The van der Waals surface area contributed by atoms with Crippen molar-refractivity contribution < 1.29 is 37.0 Å². The predicted molar refractivity (Wildman–Crippen MR) is 115 cm³/mol. The van der Waals surface area contributed by atoms with E-state index in [4.69, 9.17) is 9.47 Å². The van der Waals surface area contributed by atoms with Crippen molar-refractivity contribution >= 4 is 17.8 Å². The van der Waals surface area contributed by atoms with Gasteiger partial charge in [0.1, 0.15) is 16.9 Å². The Kier molecular flexibility index (Phi) is 7.42. The quantitative estimate of drug-likeness (QED) is 0.595. The lowest BCUT2D eigenvalue weighted by Crippen LogP contribution is -2.47. The zero-order chi connectivity index (χ0) is 25.3. The average Bonchev–Trinajstić information content (AvgIpc) is 3.13. The summed E-state index contributed by atoms with van der Waals surface area (Å²) < 4.78 is 49.6. The van der Waals surface area contributed by atoms with Crippen LogP contribution in [0, 0.1) is 5.92 Å². The third-order valence-electron chi connectivity index (χ3n) is 5.75. The molecule has 0 spiro atoms. The number of pyridine rings is 1. The van der Waals surface area contributed by atoms with Crippen molar-refractivity contribution in [2.24, 2.45) is 5.92 Å². The molecule has 2 saturated heterocycles. The number of esters is 1. The molecule has 0 saturated carbocycles. The van der Waals surface area contributed by atoms with Crippen LogP contribution < -0.4 is 4.74 Å². The van der Waals surface area contributed by atoms with Crippen LogP contribution in [0.2, 0.25) is 0 Å². The summed E-state index contributed by atoms with van der Waals surface area (Å²) in [6.07, 6.45) is -3.55. The van der Waals surface area contributed by atoms with Gasteiger partial charge >= 0.3 is 12.1 Å². The van der Waals surface area contributed by atoms with E-state index < -0.39 is 35.3 Å². The maximum absolute atomic E-state index is 13.0. The number of likely N-dealkylation sites (tertiary alicyclic amines) is 2. The molecule has 1 aromatic rings. The largest absolute Gasteiger partial charge is 0.477 e. The van der Waals surface area contributed by atoms with Gasteiger partial charge in [-0.2, -0.15) is 13.2 Å². The van der Waals surface area contributed by atoms with Crippen LogP contribution >= 0.6 is 0 Å². The molecule has 0 radical (unpaired) electrons. The molecule has 1 aromatic heterocycles. The Morgan fingerprint density at radius 3 is 2.35 bits per heavy atom. The molecule has 2 aliphatic heterocycles. The first-order chi connectivity index (χ1) is 15.8. The highest BCUT2D eigenvalue weighted by Crippen LogP contribution is 2.32. The number of alkyl halides is 3. The van der Waals surface area contributed by atoms with Gasteiger partial charge in [0.05, 0.1) is 12.5 Å². The van der Waals surface area contributed by atoms with Crippen molar-refractivity contribution in [3.63, 3.8) is 0 Å². The van der Waals surface area contributed by atoms with E-state index in [1.807, 2.05) is 0 Å². The minimum absolute atomic E-state index is 0.0319. The topological polar surface area (TPSA) is 89.0 Å². The molecule has 188 valence electrons. The summed E-state index contributed by atoms with van der Waals surface area (Å²) >= 11 is 0. The molecule has 0 aromatic carbocycles. The second-order valence-electron chi connectivity index (χ2n) is 9.48. The Balaban J connectivity index is 1.63. The summed E-state index contributed by atoms with van der Waals surface area (Å²) in [6, 6.07) is 1.73. The van der Waals surface area contributed by atoms with E-state index in [1.54, 1.807) is 32.6 Å². The lowest BCUT2D eigenvalue weighted by atomic mass is 10.0. The van der Waals surface area contributed by atoms with Crippen LogP contribution in [-0.2, 0) is 20.5 Å². The maximum Gasteiger partial charge on any atom is 0.433 e. The first-order valence-electron chi connectivity index (χ1n) is 11.3. The lowest BCUT2D eigenvalue weighted by Gasteiger charge is -2.37. The summed E-state index contributed by atoms with van der Waals surface area (Å²) in [5, 5.41) is 0. The van der Waals surface area contributed by atoms with Crippen LogP contribution in [0.5, 0.6) is 5.88 Å². The molecule has 11 heteroatoms. The van der Waals surface area contributed by atoms with Crippen LogP contribution in [0.15, 0.2) is 12.1 Å². The van der Waals surface area contributed by atoms with Crippen LogP contribution in [0.25, 0.3) is 0 Å². The maximum atomic E-state index is 13.0. The molecule has 8 nitrogen and oxygen atoms in total. The van der Waals surface area contributed by atoms with Gasteiger partial charge in [0.2, 0.25) is 11.8 Å². The SMILES string of the molecule is CCOc1nc(C(F)(F)F)ccc1C(=O)N1CCC(N2CC(C(=O)OC(C)(C)C)CC2=O)CC1. The number of hydrogen-bond acceptors (Lipinski definition) is 6. The minimum Gasteiger partial charge on any atom is -0.477 e. The molecular weight excluding hydrogens is 455 g/mol. The molecular formula is C23H30F3N3O5. The molecule has 3 rings (SSSR count). The first-order valence-corrected chi connectivity index (χ1v) is 11.3. The predicted octanol–water partition coefficient (Wildman–Crippen LogP) is 3.29. The second-order valence-corrected chi connectivity index (χ2v) is 9.48. The second kappa shape index (κ2) is 9.79. The Morgan fingerprint density at radius 2 is 1.79 bits per heavy atom. The number of nitrogens with zero attached hydrogens (tertiary/aromatic N) is 3. The van der Waals surface area contributed by atoms with E-state index >= 15 is 0 Å². The fourth-order valence-corrected chi connectivity index (χ4v) is 4.19. The lowest BCUT2D eigenvalue weighted by molar-refractivity contribution is -0.159. The number of carbonyl (C=O) groups is 3. The Morgan fingerprint density at radius 1 is 1.15 bits per heavy atom. The molecule has 2 fully saturated rings. The zero-order valence-corrected chi connectivity index (χ0v) is 19.8. The molecule has 34 heavy (non-hydrogen) atoms. The van der Waals surface area contributed by atoms with Gasteiger partial charge in [-0.3, -0.25) is 14.4 Å².